The van der Waals surface area contributed by atoms with Crippen molar-refractivity contribution >= 4 is 21.6 Å². The van der Waals surface area contributed by atoms with Crippen molar-refractivity contribution in [3.8, 4) is 5.75 Å². The molecule has 0 saturated carbocycles. The van der Waals surface area contributed by atoms with Crippen LogP contribution in [0.4, 0.5) is 0 Å². The maximum absolute atomic E-state index is 13.7. The largest absolute Gasteiger partial charge is 0.464 e. The molecule has 2 radical (unpaired) electrons. The van der Waals surface area contributed by atoms with Crippen LogP contribution in [-0.4, -0.2) is 59.9 Å². The van der Waals surface area contributed by atoms with Gasteiger partial charge in [-0.2, -0.15) is 0 Å². The quantitative estimate of drug-likeness (QED) is 0.219. The molecule has 14 heteroatoms. The Morgan fingerprint density at radius 3 is 2.57 bits per heavy atom. The van der Waals surface area contributed by atoms with Crippen LogP contribution in [0.1, 0.15) is 33.9 Å². The molecule has 0 unspecified atom stereocenters. The van der Waals surface area contributed by atoms with E-state index in [2.05, 4.69) is 10.1 Å². The average molecular weight is 535 g/mol. The number of carbonyl (C=O) groups excluding carboxylic acids is 1. The lowest BCUT2D eigenvalue weighted by atomic mass is 9.65. The maximum atomic E-state index is 13.7. The molecule has 6 atom stereocenters. The van der Waals surface area contributed by atoms with Crippen LogP contribution in [0.2, 0.25) is 5.31 Å². The number of aliphatic hydroxyl groups is 1. The number of aliphatic hydroxyl groups excluding tert-OH is 1. The molecule has 3 N–H and O–H groups in total. The van der Waals surface area contributed by atoms with Gasteiger partial charge in [0.15, 0.2) is 0 Å². The van der Waals surface area contributed by atoms with Crippen LogP contribution in [0.3, 0.4) is 0 Å². The Labute approximate surface area is 215 Å². The molecular formula is C23H31BN3O9P. The zero-order chi connectivity index (χ0) is 27.4. The minimum Gasteiger partial charge on any atom is -0.464 e. The van der Waals surface area contributed by atoms with E-state index in [1.54, 1.807) is 51.1 Å². The minimum atomic E-state index is -4.10. The van der Waals surface area contributed by atoms with Crippen molar-refractivity contribution < 1.29 is 33.0 Å². The lowest BCUT2D eigenvalue weighted by molar-refractivity contribution is -0.147. The number of nitrogens with one attached hydrogen (secondary N) is 2. The van der Waals surface area contributed by atoms with Crippen LogP contribution in [0, 0.1) is 5.92 Å². The lowest BCUT2D eigenvalue weighted by Gasteiger charge is -2.29. The Balaban J connectivity index is 1.75. The number of aromatic nitrogens is 2. The van der Waals surface area contributed by atoms with Crippen LogP contribution >= 0.6 is 7.75 Å². The normalized spacial score (nSPS) is 25.9. The number of hydrogen-bond donors (Lipinski definition) is 3. The van der Waals surface area contributed by atoms with E-state index < -0.39 is 61.4 Å². The number of H-pyrrole nitrogens is 1. The Morgan fingerprint density at radius 1 is 1.27 bits per heavy atom. The molecule has 12 nitrogen and oxygen atoms in total. The number of rotatable bonds is 11. The molecule has 1 saturated heterocycles. The van der Waals surface area contributed by atoms with Crippen LogP contribution in [0.25, 0.3) is 0 Å². The van der Waals surface area contributed by atoms with Crippen molar-refractivity contribution in [3.63, 3.8) is 0 Å². The highest BCUT2D eigenvalue weighted by molar-refractivity contribution is 7.52. The van der Waals surface area contributed by atoms with Crippen molar-refractivity contribution in [2.24, 2.45) is 5.92 Å². The van der Waals surface area contributed by atoms with E-state index >= 15 is 0 Å². The number of aromatic amines is 1. The molecule has 37 heavy (non-hydrogen) atoms. The van der Waals surface area contributed by atoms with Crippen LogP contribution in [-0.2, 0) is 23.4 Å². The minimum absolute atomic E-state index is 0.0941. The van der Waals surface area contributed by atoms with Gasteiger partial charge in [-0.05, 0) is 19.1 Å². The Morgan fingerprint density at radius 2 is 1.95 bits per heavy atom. The van der Waals surface area contributed by atoms with Gasteiger partial charge in [0.1, 0.15) is 24.7 Å². The second-order valence-electron chi connectivity index (χ2n) is 9.37. The van der Waals surface area contributed by atoms with Crippen LogP contribution < -0.4 is 20.9 Å². The fraction of sp³-hybridized carbons (Fsp3) is 0.522. The van der Waals surface area contributed by atoms with Gasteiger partial charge >= 0.3 is 19.4 Å². The SMILES string of the molecule is [B][C@]1(C)[C@H](O)[C@@H](CO[P@@](=O)(N[C@@H](C)COC(=O)C(C)C)Oc2ccccc2)O[C@H]1n1ccc(=O)[nH]c1=O. The topological polar surface area (TPSA) is 158 Å². The monoisotopic (exact) mass is 535 g/mol. The highest BCUT2D eigenvalue weighted by Crippen LogP contribution is 2.50. The molecule has 2 heterocycles. The Kier molecular flexibility index (Phi) is 9.20. The first-order chi connectivity index (χ1) is 17.3. The van der Waals surface area contributed by atoms with Crippen LogP contribution in [0.15, 0.2) is 52.2 Å². The second-order valence-corrected chi connectivity index (χ2v) is 11.1. The van der Waals surface area contributed by atoms with Gasteiger partial charge in [0.25, 0.3) is 5.56 Å². The predicted octanol–water partition coefficient (Wildman–Crippen LogP) is 1.52. The summed E-state index contributed by atoms with van der Waals surface area (Å²) in [4.78, 5) is 37.6. The second kappa shape index (κ2) is 11.8. The zero-order valence-corrected chi connectivity index (χ0v) is 21.9. The molecular weight excluding hydrogens is 504 g/mol. The fourth-order valence-electron chi connectivity index (χ4n) is 3.60. The summed E-state index contributed by atoms with van der Waals surface area (Å²) in [5.41, 5.74) is -1.37. The smallest absolute Gasteiger partial charge is 0.459 e. The third kappa shape index (κ3) is 7.21. The zero-order valence-electron chi connectivity index (χ0n) is 21.0. The first-order valence-electron chi connectivity index (χ1n) is 11.7. The van der Waals surface area contributed by atoms with Crippen molar-refractivity contribution in [2.45, 2.75) is 57.5 Å². The molecule has 1 aromatic carbocycles. The number of ether oxygens (including phenoxy) is 2. The number of para-hydroxylation sites is 1. The van der Waals surface area contributed by atoms with Gasteiger partial charge in [-0.1, -0.05) is 39.0 Å². The third-order valence-electron chi connectivity index (χ3n) is 5.63. The van der Waals surface area contributed by atoms with E-state index in [-0.39, 0.29) is 18.3 Å². The number of nitrogens with zero attached hydrogens (tertiary/aromatic N) is 1. The van der Waals surface area contributed by atoms with E-state index in [4.69, 9.17) is 26.4 Å². The number of carbonyl (C=O) groups is 1. The van der Waals surface area contributed by atoms with E-state index in [1.807, 2.05) is 0 Å². The summed E-state index contributed by atoms with van der Waals surface area (Å²) in [6.45, 7) is 5.97. The van der Waals surface area contributed by atoms with Crippen molar-refractivity contribution in [1.82, 2.24) is 14.6 Å². The first kappa shape index (κ1) is 28.9. The fourth-order valence-corrected chi connectivity index (χ4v) is 5.14. The van der Waals surface area contributed by atoms with E-state index in [9.17, 15) is 24.1 Å². The summed E-state index contributed by atoms with van der Waals surface area (Å²) in [6.07, 6.45) is -2.40. The van der Waals surface area contributed by atoms with Gasteiger partial charge in [-0.25, -0.2) is 14.4 Å². The van der Waals surface area contributed by atoms with Gasteiger partial charge in [-0.3, -0.25) is 23.7 Å². The third-order valence-corrected chi connectivity index (χ3v) is 7.33. The average Bonchev–Trinajstić information content (AvgIpc) is 3.05. The number of benzene rings is 1. The standard InChI is InChI=1S/C23H31BN3O9P/c1-14(2)20(30)33-12-15(3)26-37(32,36-16-8-6-5-7-9-16)34-13-17-19(29)23(4,24)21(35-17)27-11-10-18(28)25-22(27)31/h5-11,14-15,17,19,21,29H,12-13H2,1-4H3,(H,26,32)(H,25,28,31)/t15-,17+,19+,21+,23+,37-/m0/s1. The number of hydrogen-bond acceptors (Lipinski definition) is 9. The van der Waals surface area contributed by atoms with E-state index in [1.165, 1.54) is 13.1 Å². The molecule has 0 amide bonds. The van der Waals surface area contributed by atoms with Crippen LogP contribution in [0.5, 0.6) is 5.75 Å². The van der Waals surface area contributed by atoms with Gasteiger partial charge in [0, 0.05) is 23.6 Å². The summed E-state index contributed by atoms with van der Waals surface area (Å²) in [7, 11) is 2.19. The molecule has 1 aliphatic heterocycles. The molecule has 1 fully saturated rings. The van der Waals surface area contributed by atoms with Gasteiger partial charge in [0.05, 0.1) is 26.5 Å². The maximum Gasteiger partial charge on any atom is 0.459 e. The molecule has 0 aliphatic carbocycles. The summed E-state index contributed by atoms with van der Waals surface area (Å²) in [5.74, 6) is -0.495. The summed E-state index contributed by atoms with van der Waals surface area (Å²) < 4.78 is 37.0. The van der Waals surface area contributed by atoms with E-state index in [0.717, 1.165) is 10.6 Å². The summed E-state index contributed by atoms with van der Waals surface area (Å²) in [5, 5.41) is 12.1. The van der Waals surface area contributed by atoms with Crippen molar-refractivity contribution in [2.75, 3.05) is 13.2 Å². The molecule has 0 bridgehead atoms. The highest BCUT2D eigenvalue weighted by Gasteiger charge is 2.51. The predicted molar refractivity (Wildman–Crippen MR) is 134 cm³/mol. The first-order valence-corrected chi connectivity index (χ1v) is 13.2. The van der Waals surface area contributed by atoms with E-state index in [0.29, 0.717) is 0 Å². The van der Waals surface area contributed by atoms with Gasteiger partial charge < -0.3 is 19.1 Å². The van der Waals surface area contributed by atoms with Crippen molar-refractivity contribution in [1.29, 1.82) is 0 Å². The summed E-state index contributed by atoms with van der Waals surface area (Å²) in [6, 6.07) is 8.78. The Bertz CT molecular complexity index is 1230. The van der Waals surface area contributed by atoms with Gasteiger partial charge in [0.2, 0.25) is 0 Å². The summed E-state index contributed by atoms with van der Waals surface area (Å²) >= 11 is 0. The molecule has 200 valence electrons. The number of esters is 1. The lowest BCUT2D eigenvalue weighted by Crippen LogP contribution is -2.38. The molecule has 2 aromatic rings. The Hall–Kier alpha value is -2.70. The molecule has 1 aliphatic rings. The highest BCUT2D eigenvalue weighted by atomic mass is 31.2. The molecule has 3 rings (SSSR count). The molecule has 0 spiro atoms. The van der Waals surface area contributed by atoms with Gasteiger partial charge in [-0.15, -0.1) is 0 Å². The van der Waals surface area contributed by atoms with Crippen molar-refractivity contribution in [3.05, 3.63) is 63.4 Å². The molecule has 1 aromatic heterocycles.